The molecule has 0 radical (unpaired) electrons. The summed E-state index contributed by atoms with van der Waals surface area (Å²) in [4.78, 5) is 4.66. The smallest absolute Gasteiger partial charge is 0.151 e. The number of benzene rings is 1. The van der Waals surface area contributed by atoms with Crippen molar-refractivity contribution < 1.29 is 4.74 Å². The van der Waals surface area contributed by atoms with Crippen LogP contribution >= 0.6 is 47.8 Å². The maximum Gasteiger partial charge on any atom is 0.151 e. The number of pyridine rings is 1. The average Bonchev–Trinajstić information content (AvgIpc) is 2.82. The van der Waals surface area contributed by atoms with Gasteiger partial charge in [0.2, 0.25) is 0 Å². The molecule has 3 rings (SSSR count). The van der Waals surface area contributed by atoms with Crippen LogP contribution in [0.25, 0.3) is 16.9 Å². The second-order valence-corrected chi connectivity index (χ2v) is 6.83. The third-order valence-electron chi connectivity index (χ3n) is 2.93. The van der Waals surface area contributed by atoms with Gasteiger partial charge in [0.05, 0.1) is 17.3 Å². The first-order valence-electron chi connectivity index (χ1n) is 5.76. The van der Waals surface area contributed by atoms with Crippen molar-refractivity contribution in [3.8, 4) is 17.0 Å². The van der Waals surface area contributed by atoms with Crippen LogP contribution in [-0.2, 0) is 0 Å². The van der Waals surface area contributed by atoms with E-state index in [1.165, 1.54) is 0 Å². The Morgan fingerprint density at radius 2 is 1.85 bits per heavy atom. The second-order valence-electron chi connectivity index (χ2n) is 4.21. The largest absolute Gasteiger partial charge is 0.497 e. The summed E-state index contributed by atoms with van der Waals surface area (Å²) in [5, 5.41) is 0. The van der Waals surface area contributed by atoms with E-state index >= 15 is 0 Å². The summed E-state index contributed by atoms with van der Waals surface area (Å²) in [6.07, 6.45) is 3.98. The van der Waals surface area contributed by atoms with Gasteiger partial charge >= 0.3 is 0 Å². The predicted octanol–water partition coefficient (Wildman–Crippen LogP) is 5.30. The van der Waals surface area contributed by atoms with Crippen molar-refractivity contribution in [2.24, 2.45) is 0 Å². The predicted molar refractivity (Wildman–Crippen MR) is 90.3 cm³/mol. The summed E-state index contributed by atoms with van der Waals surface area (Å²) in [5.41, 5.74) is 2.81. The van der Waals surface area contributed by atoms with E-state index in [2.05, 4.69) is 52.8 Å². The molecule has 0 saturated carbocycles. The molecule has 20 heavy (non-hydrogen) atoms. The molecule has 3 aromatic rings. The van der Waals surface area contributed by atoms with Crippen molar-refractivity contribution in [2.45, 2.75) is 0 Å². The molecular formula is C14H9Br3N2O. The van der Waals surface area contributed by atoms with Crippen molar-refractivity contribution in [3.05, 3.63) is 50.1 Å². The highest BCUT2D eigenvalue weighted by molar-refractivity contribution is 9.11. The monoisotopic (exact) mass is 458 g/mol. The highest BCUT2D eigenvalue weighted by Crippen LogP contribution is 2.32. The Bertz CT molecular complexity index is 798. The van der Waals surface area contributed by atoms with Crippen LogP contribution in [0.4, 0.5) is 0 Å². The molecule has 6 heteroatoms. The number of methoxy groups -OCH3 is 1. The Kier molecular flexibility index (Phi) is 3.88. The summed E-state index contributed by atoms with van der Waals surface area (Å²) < 4.78 is 10.1. The Labute approximate surface area is 141 Å². The molecule has 0 atom stereocenters. The van der Waals surface area contributed by atoms with Gasteiger partial charge in [-0.05, 0) is 72.1 Å². The fourth-order valence-corrected chi connectivity index (χ4v) is 3.84. The molecule has 0 aliphatic heterocycles. The first kappa shape index (κ1) is 14.1. The number of aromatic nitrogens is 2. The SMILES string of the molecule is COc1ccc(-c2cn3cc(Br)cc(Br)c3n2)c(Br)c1. The molecule has 0 N–H and O–H groups in total. The maximum absolute atomic E-state index is 5.21. The van der Waals surface area contributed by atoms with Gasteiger partial charge in [-0.1, -0.05) is 0 Å². The highest BCUT2D eigenvalue weighted by Gasteiger charge is 2.11. The van der Waals surface area contributed by atoms with E-state index < -0.39 is 0 Å². The van der Waals surface area contributed by atoms with Gasteiger partial charge in [-0.3, -0.25) is 0 Å². The Balaban J connectivity index is 2.17. The molecule has 0 aliphatic carbocycles. The van der Waals surface area contributed by atoms with E-state index in [0.717, 1.165) is 36.1 Å². The van der Waals surface area contributed by atoms with Crippen molar-refractivity contribution >= 4 is 53.4 Å². The summed E-state index contributed by atoms with van der Waals surface area (Å²) in [6, 6.07) is 7.84. The van der Waals surface area contributed by atoms with E-state index in [-0.39, 0.29) is 0 Å². The normalized spacial score (nSPS) is 11.0. The number of rotatable bonds is 2. The van der Waals surface area contributed by atoms with Crippen LogP contribution in [0.1, 0.15) is 0 Å². The van der Waals surface area contributed by atoms with Gasteiger partial charge in [-0.2, -0.15) is 0 Å². The number of hydrogen-bond donors (Lipinski definition) is 0. The lowest BCUT2D eigenvalue weighted by Gasteiger charge is -2.04. The van der Waals surface area contributed by atoms with Crippen LogP contribution in [0.15, 0.2) is 50.1 Å². The summed E-state index contributed by atoms with van der Waals surface area (Å²) in [7, 11) is 1.65. The number of imidazole rings is 1. The lowest BCUT2D eigenvalue weighted by molar-refractivity contribution is 0.414. The first-order chi connectivity index (χ1) is 9.58. The minimum atomic E-state index is 0.813. The van der Waals surface area contributed by atoms with Crippen molar-refractivity contribution in [1.82, 2.24) is 9.38 Å². The highest BCUT2D eigenvalue weighted by atomic mass is 79.9. The number of nitrogens with zero attached hydrogens (tertiary/aromatic N) is 2. The molecule has 0 saturated heterocycles. The molecule has 2 aromatic heterocycles. The molecule has 0 unspecified atom stereocenters. The summed E-state index contributed by atoms with van der Waals surface area (Å²) >= 11 is 10.6. The van der Waals surface area contributed by atoms with Crippen LogP contribution in [0, 0.1) is 0 Å². The Hall–Kier alpha value is -0.850. The molecule has 0 fully saturated rings. The zero-order chi connectivity index (χ0) is 14.3. The zero-order valence-corrected chi connectivity index (χ0v) is 15.2. The summed E-state index contributed by atoms with van der Waals surface area (Å²) in [6.45, 7) is 0. The molecule has 0 aliphatic rings. The van der Waals surface area contributed by atoms with Crippen LogP contribution < -0.4 is 4.74 Å². The third-order valence-corrected chi connectivity index (χ3v) is 4.60. The molecular weight excluding hydrogens is 452 g/mol. The second kappa shape index (κ2) is 5.50. The lowest BCUT2D eigenvalue weighted by Crippen LogP contribution is -1.85. The van der Waals surface area contributed by atoms with E-state index in [0.29, 0.717) is 0 Å². The number of halogens is 3. The van der Waals surface area contributed by atoms with Crippen LogP contribution in [0.3, 0.4) is 0 Å². The number of hydrogen-bond acceptors (Lipinski definition) is 2. The van der Waals surface area contributed by atoms with Crippen LogP contribution in [0.5, 0.6) is 5.75 Å². The first-order valence-corrected chi connectivity index (χ1v) is 8.14. The molecule has 0 spiro atoms. The quantitative estimate of drug-likeness (QED) is 0.519. The molecule has 0 amide bonds. The van der Waals surface area contributed by atoms with Gasteiger partial charge in [0.25, 0.3) is 0 Å². The summed E-state index contributed by atoms with van der Waals surface area (Å²) in [5.74, 6) is 0.813. The fraction of sp³-hybridized carbons (Fsp3) is 0.0714. The average molecular weight is 461 g/mol. The lowest BCUT2D eigenvalue weighted by atomic mass is 10.1. The van der Waals surface area contributed by atoms with Crippen molar-refractivity contribution in [2.75, 3.05) is 7.11 Å². The van der Waals surface area contributed by atoms with E-state index in [1.54, 1.807) is 7.11 Å². The van der Waals surface area contributed by atoms with E-state index in [9.17, 15) is 0 Å². The standard InChI is InChI=1S/C14H9Br3N2O/c1-20-9-2-3-10(11(16)5-9)13-7-19-6-8(15)4-12(17)14(19)18-13/h2-7H,1H3. The Morgan fingerprint density at radius 3 is 2.55 bits per heavy atom. The van der Waals surface area contributed by atoms with E-state index in [1.807, 2.05) is 41.1 Å². The fourth-order valence-electron chi connectivity index (χ4n) is 1.98. The molecule has 0 bridgehead atoms. The van der Waals surface area contributed by atoms with Gasteiger partial charge < -0.3 is 9.14 Å². The van der Waals surface area contributed by atoms with Gasteiger partial charge in [-0.25, -0.2) is 4.98 Å². The van der Waals surface area contributed by atoms with Gasteiger partial charge in [-0.15, -0.1) is 0 Å². The number of ether oxygens (including phenoxy) is 1. The molecule has 3 nitrogen and oxygen atoms in total. The third kappa shape index (κ3) is 2.52. The minimum absolute atomic E-state index is 0.813. The van der Waals surface area contributed by atoms with Crippen molar-refractivity contribution in [1.29, 1.82) is 0 Å². The van der Waals surface area contributed by atoms with E-state index in [4.69, 9.17) is 4.74 Å². The minimum Gasteiger partial charge on any atom is -0.497 e. The van der Waals surface area contributed by atoms with Gasteiger partial charge in [0, 0.05) is 26.9 Å². The van der Waals surface area contributed by atoms with Crippen molar-refractivity contribution in [3.63, 3.8) is 0 Å². The molecule has 1 aromatic carbocycles. The Morgan fingerprint density at radius 1 is 1.05 bits per heavy atom. The van der Waals surface area contributed by atoms with Crippen LogP contribution in [-0.4, -0.2) is 16.5 Å². The molecule has 102 valence electrons. The molecule has 2 heterocycles. The van der Waals surface area contributed by atoms with Gasteiger partial charge in [0.1, 0.15) is 5.75 Å². The van der Waals surface area contributed by atoms with Gasteiger partial charge in [0.15, 0.2) is 5.65 Å². The topological polar surface area (TPSA) is 26.5 Å². The van der Waals surface area contributed by atoms with Crippen LogP contribution in [0.2, 0.25) is 0 Å². The zero-order valence-electron chi connectivity index (χ0n) is 10.4. The maximum atomic E-state index is 5.21. The number of fused-ring (bicyclic) bond motifs is 1.